The Balaban J connectivity index is 1.69. The number of aromatic amines is 1. The number of aromatic nitrogens is 5. The summed E-state index contributed by atoms with van der Waals surface area (Å²) >= 11 is 0. The first-order valence-corrected chi connectivity index (χ1v) is 6.91. The number of H-pyrrole nitrogens is 1. The van der Waals surface area contributed by atoms with E-state index < -0.39 is 6.10 Å². The maximum absolute atomic E-state index is 11.9. The van der Waals surface area contributed by atoms with Gasteiger partial charge in [-0.3, -0.25) is 9.25 Å². The van der Waals surface area contributed by atoms with E-state index in [1.54, 1.807) is 22.4 Å². The molecule has 1 atom stereocenters. The van der Waals surface area contributed by atoms with E-state index in [9.17, 15) is 9.90 Å². The molecule has 0 spiro atoms. The van der Waals surface area contributed by atoms with E-state index in [-0.39, 0.29) is 5.69 Å². The Morgan fingerprint density at radius 3 is 2.90 bits per heavy atom. The molecule has 110 valence electrons. The van der Waals surface area contributed by atoms with Gasteiger partial charge < -0.3 is 10.1 Å². The van der Waals surface area contributed by atoms with Crippen molar-refractivity contribution in [2.24, 2.45) is 0 Å². The summed E-state index contributed by atoms with van der Waals surface area (Å²) in [5, 5.41) is 17.2. The molecule has 7 heteroatoms. The number of rotatable bonds is 5. The zero-order chi connectivity index (χ0) is 14.8. The quantitative estimate of drug-likeness (QED) is 0.734. The Morgan fingerprint density at radius 2 is 2.14 bits per heavy atom. The van der Waals surface area contributed by atoms with Crippen LogP contribution in [0.2, 0.25) is 0 Å². The minimum Gasteiger partial charge on any atom is -0.387 e. The number of benzene rings is 1. The maximum Gasteiger partial charge on any atom is 0.326 e. The average Bonchev–Trinajstić information content (AvgIpc) is 3.04. The third kappa shape index (κ3) is 2.73. The first kappa shape index (κ1) is 13.6. The van der Waals surface area contributed by atoms with Crippen molar-refractivity contribution in [3.63, 3.8) is 0 Å². The average molecular weight is 287 g/mol. The number of hydrogen-bond donors (Lipinski definition) is 2. The molecule has 3 rings (SSSR count). The largest absolute Gasteiger partial charge is 0.387 e. The molecule has 21 heavy (non-hydrogen) atoms. The number of aryl methyl sites for hydroxylation is 2. The zero-order valence-electron chi connectivity index (χ0n) is 11.7. The van der Waals surface area contributed by atoms with Gasteiger partial charge in [0.05, 0.1) is 23.3 Å². The Kier molecular flexibility index (Phi) is 3.57. The molecule has 1 unspecified atom stereocenters. The van der Waals surface area contributed by atoms with Gasteiger partial charge >= 0.3 is 5.69 Å². The van der Waals surface area contributed by atoms with Crippen LogP contribution < -0.4 is 5.69 Å². The van der Waals surface area contributed by atoms with Gasteiger partial charge in [-0.1, -0.05) is 17.3 Å². The number of nitrogens with zero attached hydrogens (tertiary/aromatic N) is 4. The van der Waals surface area contributed by atoms with Gasteiger partial charge in [-0.15, -0.1) is 5.10 Å². The fourth-order valence-corrected chi connectivity index (χ4v) is 2.33. The van der Waals surface area contributed by atoms with Crippen molar-refractivity contribution in [1.29, 1.82) is 0 Å². The van der Waals surface area contributed by atoms with E-state index in [2.05, 4.69) is 15.3 Å². The van der Waals surface area contributed by atoms with Crippen molar-refractivity contribution in [3.05, 3.63) is 46.6 Å². The van der Waals surface area contributed by atoms with Crippen LogP contribution in [-0.4, -0.2) is 29.7 Å². The molecule has 0 amide bonds. The molecule has 0 bridgehead atoms. The second kappa shape index (κ2) is 5.53. The van der Waals surface area contributed by atoms with Gasteiger partial charge in [-0.2, -0.15) is 0 Å². The lowest BCUT2D eigenvalue weighted by atomic mass is 10.3. The lowest BCUT2D eigenvalue weighted by Crippen LogP contribution is -2.17. The number of hydrogen-bond acceptors (Lipinski definition) is 4. The van der Waals surface area contributed by atoms with E-state index in [1.165, 1.54) is 0 Å². The summed E-state index contributed by atoms with van der Waals surface area (Å²) in [6.07, 6.45) is 1.86. The van der Waals surface area contributed by atoms with Crippen molar-refractivity contribution in [2.45, 2.75) is 32.5 Å². The smallest absolute Gasteiger partial charge is 0.326 e. The molecule has 2 N–H and O–H groups in total. The Labute approximate surface area is 120 Å². The van der Waals surface area contributed by atoms with Gasteiger partial charge in [0.2, 0.25) is 0 Å². The van der Waals surface area contributed by atoms with E-state index in [1.807, 2.05) is 24.3 Å². The van der Waals surface area contributed by atoms with Gasteiger partial charge in [0.25, 0.3) is 0 Å². The molecule has 3 aromatic rings. The molecule has 0 aliphatic heterocycles. The third-order valence-electron chi connectivity index (χ3n) is 3.43. The molecule has 0 aliphatic rings. The van der Waals surface area contributed by atoms with Gasteiger partial charge in [0, 0.05) is 13.1 Å². The first-order valence-electron chi connectivity index (χ1n) is 6.91. The summed E-state index contributed by atoms with van der Waals surface area (Å²) < 4.78 is 3.41. The summed E-state index contributed by atoms with van der Waals surface area (Å²) in [4.78, 5) is 14.7. The normalized spacial score (nSPS) is 12.9. The Bertz CT molecular complexity index is 799. The van der Waals surface area contributed by atoms with Crippen LogP contribution in [-0.2, 0) is 13.1 Å². The van der Waals surface area contributed by atoms with Gasteiger partial charge in [-0.05, 0) is 25.5 Å². The minimum absolute atomic E-state index is 0.0977. The highest BCUT2D eigenvalue weighted by molar-refractivity contribution is 5.74. The number of imidazole rings is 1. The van der Waals surface area contributed by atoms with Crippen molar-refractivity contribution in [3.8, 4) is 0 Å². The predicted molar refractivity (Wildman–Crippen MR) is 77.8 cm³/mol. The number of nitrogens with one attached hydrogen (secondary N) is 1. The summed E-state index contributed by atoms with van der Waals surface area (Å²) in [7, 11) is 0. The number of aliphatic hydroxyl groups is 1. The molecule has 7 nitrogen and oxygen atoms in total. The second-order valence-corrected chi connectivity index (χ2v) is 5.03. The molecular formula is C14H17N5O2. The third-order valence-corrected chi connectivity index (χ3v) is 3.43. The molecule has 0 fully saturated rings. The van der Waals surface area contributed by atoms with Crippen molar-refractivity contribution < 1.29 is 5.11 Å². The van der Waals surface area contributed by atoms with Gasteiger partial charge in [0.1, 0.15) is 5.69 Å². The second-order valence-electron chi connectivity index (χ2n) is 5.03. The molecule has 0 saturated heterocycles. The molecule has 0 aliphatic carbocycles. The van der Waals surface area contributed by atoms with Gasteiger partial charge in [-0.25, -0.2) is 4.79 Å². The van der Waals surface area contributed by atoms with Crippen LogP contribution in [0.3, 0.4) is 0 Å². The molecule has 1 aromatic carbocycles. The SMILES string of the molecule is CC(O)c1cn(CCCn2c(=O)[nH]c3ccccc32)nn1. The Morgan fingerprint density at radius 1 is 1.33 bits per heavy atom. The van der Waals surface area contributed by atoms with Crippen LogP contribution >= 0.6 is 0 Å². The van der Waals surface area contributed by atoms with E-state index in [0.29, 0.717) is 18.8 Å². The molecule has 2 heterocycles. The van der Waals surface area contributed by atoms with Crippen LogP contribution in [0, 0.1) is 0 Å². The predicted octanol–water partition coefficient (Wildman–Crippen LogP) is 1.06. The number of aliphatic hydroxyl groups excluding tert-OH is 1. The lowest BCUT2D eigenvalue weighted by Gasteiger charge is -2.03. The highest BCUT2D eigenvalue weighted by Gasteiger charge is 2.08. The Hall–Kier alpha value is -2.41. The first-order chi connectivity index (χ1) is 10.1. The monoisotopic (exact) mass is 287 g/mol. The topological polar surface area (TPSA) is 88.7 Å². The molecule has 0 radical (unpaired) electrons. The van der Waals surface area contributed by atoms with E-state index in [4.69, 9.17) is 0 Å². The van der Waals surface area contributed by atoms with Crippen LogP contribution in [0.5, 0.6) is 0 Å². The summed E-state index contributed by atoms with van der Waals surface area (Å²) in [5.74, 6) is 0. The highest BCUT2D eigenvalue weighted by Crippen LogP contribution is 2.10. The summed E-state index contributed by atoms with van der Waals surface area (Å²) in [5.41, 5.74) is 2.21. The molecule has 0 saturated carbocycles. The fourth-order valence-electron chi connectivity index (χ4n) is 2.33. The molecule has 2 aromatic heterocycles. The highest BCUT2D eigenvalue weighted by atomic mass is 16.3. The van der Waals surface area contributed by atoms with Crippen LogP contribution in [0.1, 0.15) is 25.1 Å². The zero-order valence-corrected chi connectivity index (χ0v) is 11.7. The van der Waals surface area contributed by atoms with Crippen molar-refractivity contribution >= 4 is 11.0 Å². The van der Waals surface area contributed by atoms with E-state index in [0.717, 1.165) is 17.5 Å². The lowest BCUT2D eigenvalue weighted by molar-refractivity contribution is 0.194. The van der Waals surface area contributed by atoms with Gasteiger partial charge in [0.15, 0.2) is 0 Å². The number of fused-ring (bicyclic) bond motifs is 1. The maximum atomic E-state index is 11.9. The van der Waals surface area contributed by atoms with Crippen LogP contribution in [0.15, 0.2) is 35.3 Å². The van der Waals surface area contributed by atoms with E-state index >= 15 is 0 Å². The summed E-state index contributed by atoms with van der Waals surface area (Å²) in [6, 6.07) is 7.63. The summed E-state index contributed by atoms with van der Waals surface area (Å²) in [6.45, 7) is 2.90. The molecular weight excluding hydrogens is 270 g/mol. The minimum atomic E-state index is -0.616. The van der Waals surface area contributed by atoms with Crippen LogP contribution in [0.4, 0.5) is 0 Å². The standard InChI is InChI=1S/C14H17N5O2/c1-10(20)12-9-18(17-16-12)7-4-8-19-13-6-3-2-5-11(13)15-14(19)21/h2-3,5-6,9-10,20H,4,7-8H2,1H3,(H,15,21). The van der Waals surface area contributed by atoms with Crippen LogP contribution in [0.25, 0.3) is 11.0 Å². The number of para-hydroxylation sites is 2. The van der Waals surface area contributed by atoms with Crippen molar-refractivity contribution in [2.75, 3.05) is 0 Å². The fraction of sp³-hybridized carbons (Fsp3) is 0.357. The van der Waals surface area contributed by atoms with Crippen molar-refractivity contribution in [1.82, 2.24) is 24.5 Å².